The van der Waals surface area contributed by atoms with Crippen molar-refractivity contribution < 1.29 is 19.1 Å². The van der Waals surface area contributed by atoms with Crippen LogP contribution in [0.4, 0.5) is 0 Å². The van der Waals surface area contributed by atoms with Crippen LogP contribution in [0.2, 0.25) is 0 Å². The summed E-state index contributed by atoms with van der Waals surface area (Å²) in [5.41, 5.74) is 0.887. The Morgan fingerprint density at radius 1 is 1.12 bits per heavy atom. The van der Waals surface area contributed by atoms with Crippen LogP contribution in [0.15, 0.2) is 11.3 Å². The molecule has 190 valence electrons. The number of likely N-dealkylation sites (tertiary alicyclic amines) is 1. The van der Waals surface area contributed by atoms with Gasteiger partial charge in [0.2, 0.25) is 0 Å². The Morgan fingerprint density at radius 2 is 1.76 bits per heavy atom. The second-order valence-electron chi connectivity index (χ2n) is 11.7. The lowest BCUT2D eigenvalue weighted by Gasteiger charge is -2.41. The number of ether oxygens (including phenoxy) is 2. The lowest BCUT2D eigenvalue weighted by molar-refractivity contribution is -0.159. The van der Waals surface area contributed by atoms with Crippen LogP contribution in [0, 0.1) is 23.2 Å². The van der Waals surface area contributed by atoms with Gasteiger partial charge in [-0.25, -0.2) is 0 Å². The zero-order valence-electron chi connectivity index (χ0n) is 22.6. The molecule has 0 unspecified atom stereocenters. The van der Waals surface area contributed by atoms with Gasteiger partial charge in [0.25, 0.3) is 0 Å². The fourth-order valence-corrected chi connectivity index (χ4v) is 5.54. The molecule has 2 rings (SSSR count). The van der Waals surface area contributed by atoms with Gasteiger partial charge in [-0.3, -0.25) is 14.5 Å². The number of rotatable bonds is 5. The summed E-state index contributed by atoms with van der Waals surface area (Å²) in [6.07, 6.45) is 2.48. The molecular formula is C27H48N2O4. The molecule has 2 heterocycles. The summed E-state index contributed by atoms with van der Waals surface area (Å²) in [6, 6.07) is 0. The van der Waals surface area contributed by atoms with Gasteiger partial charge in [-0.05, 0) is 57.4 Å². The molecule has 0 aromatic rings. The van der Waals surface area contributed by atoms with Crippen molar-refractivity contribution >= 4 is 11.8 Å². The first-order valence-corrected chi connectivity index (χ1v) is 12.8. The van der Waals surface area contributed by atoms with Gasteiger partial charge in [0.05, 0.1) is 11.3 Å². The number of cyclic esters (lactones) is 1. The summed E-state index contributed by atoms with van der Waals surface area (Å²) in [7, 11) is 1.73. The summed E-state index contributed by atoms with van der Waals surface area (Å²) in [4.78, 5) is 31.3. The number of methoxy groups -OCH3 is 1. The quantitative estimate of drug-likeness (QED) is 0.440. The molecule has 2 aliphatic heterocycles. The molecule has 0 aromatic carbocycles. The molecule has 6 heteroatoms. The highest BCUT2D eigenvalue weighted by Crippen LogP contribution is 2.34. The first kappa shape index (κ1) is 27.8. The van der Waals surface area contributed by atoms with Crippen LogP contribution in [0.5, 0.6) is 0 Å². The SMILES string of the molecule is CCCN1C[C@H](C)C[C@@](C)(OC)C[C@@H](C)C(=O)C(C)(C)C(=O)OCC1=C1CN(CC(C)C)C1. The van der Waals surface area contributed by atoms with E-state index in [0.29, 0.717) is 18.3 Å². The largest absolute Gasteiger partial charge is 0.459 e. The molecule has 33 heavy (non-hydrogen) atoms. The summed E-state index contributed by atoms with van der Waals surface area (Å²) < 4.78 is 11.8. The Hall–Kier alpha value is -1.40. The van der Waals surface area contributed by atoms with Crippen molar-refractivity contribution in [1.82, 2.24) is 9.80 Å². The zero-order valence-corrected chi connectivity index (χ0v) is 22.6. The average molecular weight is 465 g/mol. The molecule has 2 saturated heterocycles. The molecule has 3 atom stereocenters. The third kappa shape index (κ3) is 7.05. The van der Waals surface area contributed by atoms with E-state index in [9.17, 15) is 9.59 Å². The molecule has 2 aliphatic rings. The number of carbonyl (C=O) groups excluding carboxylic acids is 2. The van der Waals surface area contributed by atoms with Crippen LogP contribution in [-0.2, 0) is 19.1 Å². The summed E-state index contributed by atoms with van der Waals surface area (Å²) in [5, 5.41) is 0. The Bertz CT molecular complexity index is 722. The smallest absolute Gasteiger partial charge is 0.319 e. The van der Waals surface area contributed by atoms with Crippen LogP contribution in [-0.4, -0.2) is 73.6 Å². The van der Waals surface area contributed by atoms with E-state index in [4.69, 9.17) is 9.47 Å². The highest BCUT2D eigenvalue weighted by atomic mass is 16.5. The molecular weight excluding hydrogens is 416 g/mol. The minimum absolute atomic E-state index is 0.0750. The van der Waals surface area contributed by atoms with Crippen LogP contribution in [0.1, 0.15) is 74.7 Å². The Kier molecular flexibility index (Phi) is 9.58. The van der Waals surface area contributed by atoms with Crippen LogP contribution in [0.25, 0.3) is 0 Å². The van der Waals surface area contributed by atoms with E-state index < -0.39 is 17.0 Å². The Morgan fingerprint density at radius 3 is 2.30 bits per heavy atom. The summed E-state index contributed by atoms with van der Waals surface area (Å²) in [6.45, 7) is 21.3. The number of ketones is 1. The van der Waals surface area contributed by atoms with Gasteiger partial charge in [-0.15, -0.1) is 0 Å². The van der Waals surface area contributed by atoms with Crippen LogP contribution in [0.3, 0.4) is 0 Å². The van der Waals surface area contributed by atoms with E-state index in [0.717, 1.165) is 51.3 Å². The number of nitrogens with zero attached hydrogens (tertiary/aromatic N) is 2. The van der Waals surface area contributed by atoms with Gasteiger partial charge in [0.15, 0.2) is 5.78 Å². The molecule has 0 radical (unpaired) electrons. The van der Waals surface area contributed by atoms with Crippen molar-refractivity contribution in [2.45, 2.75) is 80.3 Å². The zero-order chi connectivity index (χ0) is 25.0. The minimum Gasteiger partial charge on any atom is -0.459 e. The van der Waals surface area contributed by atoms with Crippen LogP contribution < -0.4 is 0 Å². The second kappa shape index (κ2) is 11.4. The number of Topliss-reactive ketones (excluding diaryl/α,β-unsaturated/α-hetero) is 1. The van der Waals surface area contributed by atoms with E-state index in [1.807, 2.05) is 6.92 Å². The monoisotopic (exact) mass is 464 g/mol. The van der Waals surface area contributed by atoms with Gasteiger partial charge >= 0.3 is 5.97 Å². The number of carbonyl (C=O) groups is 2. The van der Waals surface area contributed by atoms with E-state index in [1.54, 1.807) is 21.0 Å². The maximum atomic E-state index is 13.3. The van der Waals surface area contributed by atoms with Crippen molar-refractivity contribution in [2.75, 3.05) is 46.4 Å². The molecule has 0 bridgehead atoms. The first-order valence-electron chi connectivity index (χ1n) is 12.8. The molecule has 0 saturated carbocycles. The van der Waals surface area contributed by atoms with Crippen molar-refractivity contribution in [2.24, 2.45) is 23.2 Å². The summed E-state index contributed by atoms with van der Waals surface area (Å²) >= 11 is 0. The third-order valence-electron chi connectivity index (χ3n) is 7.19. The topological polar surface area (TPSA) is 59.1 Å². The normalized spacial score (nSPS) is 30.4. The first-order chi connectivity index (χ1) is 15.3. The number of hydrogen-bond donors (Lipinski definition) is 0. The molecule has 0 N–H and O–H groups in total. The maximum Gasteiger partial charge on any atom is 0.319 e. The van der Waals surface area contributed by atoms with Gasteiger partial charge in [-0.2, -0.15) is 0 Å². The van der Waals surface area contributed by atoms with Gasteiger partial charge in [-0.1, -0.05) is 34.6 Å². The van der Waals surface area contributed by atoms with E-state index in [2.05, 4.69) is 44.4 Å². The van der Waals surface area contributed by atoms with E-state index >= 15 is 0 Å². The molecule has 2 fully saturated rings. The molecule has 0 amide bonds. The molecule has 0 spiro atoms. The lowest BCUT2D eigenvalue weighted by Crippen LogP contribution is -2.46. The fourth-order valence-electron chi connectivity index (χ4n) is 5.54. The van der Waals surface area contributed by atoms with Gasteiger partial charge in [0, 0.05) is 45.8 Å². The number of hydrogen-bond acceptors (Lipinski definition) is 6. The maximum absolute atomic E-state index is 13.3. The predicted octanol–water partition coefficient (Wildman–Crippen LogP) is 4.53. The standard InChI is InChI=1S/C27H48N2O4/c1-10-11-29-15-20(4)12-27(8,32-9)13-21(5)24(30)26(6,7)25(31)33-18-23(29)22-16-28(17-22)14-19(2)3/h19-21H,10-18H2,1-9H3/t20-,21-,27-/m1/s1. The fraction of sp³-hybridized carbons (Fsp3) is 0.852. The van der Waals surface area contributed by atoms with Crippen molar-refractivity contribution in [3.05, 3.63) is 11.3 Å². The Labute approximate surface area is 202 Å². The Balaban J connectivity index is 2.41. The van der Waals surface area contributed by atoms with E-state index in [1.165, 1.54) is 5.57 Å². The second-order valence-corrected chi connectivity index (χ2v) is 11.7. The predicted molar refractivity (Wildman–Crippen MR) is 133 cm³/mol. The third-order valence-corrected chi connectivity index (χ3v) is 7.19. The molecule has 0 aliphatic carbocycles. The highest BCUT2D eigenvalue weighted by Gasteiger charge is 2.43. The van der Waals surface area contributed by atoms with Gasteiger partial charge < -0.3 is 14.4 Å². The van der Waals surface area contributed by atoms with Gasteiger partial charge in [0.1, 0.15) is 12.0 Å². The average Bonchev–Trinajstić information content (AvgIpc) is 2.69. The van der Waals surface area contributed by atoms with Crippen LogP contribution >= 0.6 is 0 Å². The summed E-state index contributed by atoms with van der Waals surface area (Å²) in [5.74, 6) is 0.205. The minimum atomic E-state index is -1.18. The molecule has 0 aromatic heterocycles. The lowest BCUT2D eigenvalue weighted by atomic mass is 9.76. The number of esters is 1. The molecule has 6 nitrogen and oxygen atoms in total. The highest BCUT2D eigenvalue weighted by molar-refractivity contribution is 6.03. The van der Waals surface area contributed by atoms with Crippen molar-refractivity contribution in [1.29, 1.82) is 0 Å². The van der Waals surface area contributed by atoms with E-state index in [-0.39, 0.29) is 18.3 Å². The van der Waals surface area contributed by atoms with Crippen molar-refractivity contribution in [3.8, 4) is 0 Å². The van der Waals surface area contributed by atoms with Crippen molar-refractivity contribution in [3.63, 3.8) is 0 Å².